The van der Waals surface area contributed by atoms with E-state index in [1.807, 2.05) is 6.08 Å². The van der Waals surface area contributed by atoms with Crippen molar-refractivity contribution >= 4 is 46.9 Å². The van der Waals surface area contributed by atoms with Crippen molar-refractivity contribution < 1.29 is 38.2 Å². The van der Waals surface area contributed by atoms with Crippen LogP contribution in [0.25, 0.3) is 0 Å². The van der Waals surface area contributed by atoms with Crippen LogP contribution in [0, 0.1) is 34.9 Å². The molecule has 6 rings (SSSR count). The number of nitrogens with zero attached hydrogens (tertiary/aromatic N) is 2. The molecule has 0 radical (unpaired) electrons. The van der Waals surface area contributed by atoms with Gasteiger partial charge in [0.25, 0.3) is 0 Å². The summed E-state index contributed by atoms with van der Waals surface area (Å²) in [6.45, 7) is 3.69. The molecule has 1 saturated carbocycles. The fourth-order valence-electron chi connectivity index (χ4n) is 7.46. The van der Waals surface area contributed by atoms with Crippen molar-refractivity contribution in [2.75, 3.05) is 11.5 Å². The molecule has 2 heterocycles. The molecule has 6 atom stereocenters. The molecule has 3 fully saturated rings. The highest BCUT2D eigenvalue weighted by atomic mass is 35.5. The Morgan fingerprint density at radius 3 is 2.52 bits per heavy atom. The number of hydrogen-bond acceptors (Lipinski definition) is 7. The number of carbonyl (C=O) groups excluding carboxylic acids is 5. The predicted molar refractivity (Wildman–Crippen MR) is 147 cm³/mol. The second kappa shape index (κ2) is 9.65. The van der Waals surface area contributed by atoms with Crippen LogP contribution >= 0.6 is 11.6 Å². The lowest BCUT2D eigenvalue weighted by Crippen LogP contribution is -2.49. The van der Waals surface area contributed by atoms with E-state index in [4.69, 9.17) is 22.1 Å². The maximum absolute atomic E-state index is 14.4. The number of phenols is 1. The van der Waals surface area contributed by atoms with Crippen molar-refractivity contribution in [3.8, 4) is 11.5 Å². The fraction of sp³-hybridized carbons (Fsp3) is 0.367. The smallest absolute Gasteiger partial charge is 0.328 e. The van der Waals surface area contributed by atoms with Crippen LogP contribution in [0.1, 0.15) is 38.2 Å². The highest BCUT2D eigenvalue weighted by molar-refractivity contribution is 6.31. The van der Waals surface area contributed by atoms with Crippen molar-refractivity contribution in [3.63, 3.8) is 0 Å². The van der Waals surface area contributed by atoms with E-state index in [2.05, 4.69) is 0 Å². The maximum atomic E-state index is 14.4. The number of anilines is 1. The zero-order chi connectivity index (χ0) is 30.2. The summed E-state index contributed by atoms with van der Waals surface area (Å²) in [6, 6.07) is 7.09. The van der Waals surface area contributed by atoms with Gasteiger partial charge in [0.1, 0.15) is 5.82 Å². The molecule has 0 spiro atoms. The Labute approximate surface area is 244 Å². The number of benzene rings is 2. The Morgan fingerprint density at radius 2 is 1.86 bits per heavy atom. The van der Waals surface area contributed by atoms with Gasteiger partial charge in [0.2, 0.25) is 23.6 Å². The first-order chi connectivity index (χ1) is 19.9. The normalized spacial score (nSPS) is 30.2. The first-order valence-corrected chi connectivity index (χ1v) is 14.0. The Morgan fingerprint density at radius 1 is 1.12 bits per heavy atom. The summed E-state index contributed by atoms with van der Waals surface area (Å²) in [5.41, 5.74) is 5.34. The number of primary amides is 1. The third-order valence-electron chi connectivity index (χ3n) is 9.27. The lowest BCUT2D eigenvalue weighted by atomic mass is 9.51. The predicted octanol–water partition coefficient (Wildman–Crippen LogP) is 3.89. The van der Waals surface area contributed by atoms with Gasteiger partial charge in [-0.05, 0) is 68.5 Å². The van der Waals surface area contributed by atoms with E-state index < -0.39 is 70.5 Å². The molecular weight excluding hydrogens is 569 g/mol. The first kappa shape index (κ1) is 27.9. The Balaban J connectivity index is 1.54. The molecule has 4 aliphatic rings. The van der Waals surface area contributed by atoms with Gasteiger partial charge in [0.15, 0.2) is 11.5 Å². The number of ether oxygens (including phenoxy) is 1. The minimum absolute atomic E-state index is 0.0536. The van der Waals surface area contributed by atoms with Crippen molar-refractivity contribution in [1.82, 2.24) is 4.90 Å². The van der Waals surface area contributed by atoms with Crippen LogP contribution < -0.4 is 15.4 Å². The number of halogens is 2. The van der Waals surface area contributed by atoms with Gasteiger partial charge in [-0.1, -0.05) is 29.3 Å². The van der Waals surface area contributed by atoms with Crippen molar-refractivity contribution in [1.29, 1.82) is 0 Å². The van der Waals surface area contributed by atoms with E-state index in [1.54, 1.807) is 26.0 Å². The van der Waals surface area contributed by atoms with E-state index >= 15 is 0 Å². The summed E-state index contributed by atoms with van der Waals surface area (Å²) in [5.74, 6) is -7.31. The number of phenolic OH excluding ortho intramolecular Hbond substituents is 1. The Kier molecular flexibility index (Phi) is 6.41. The number of urea groups is 1. The minimum Gasteiger partial charge on any atom is -0.504 e. The number of aromatic hydroxyl groups is 1. The van der Waals surface area contributed by atoms with Crippen LogP contribution in [0.2, 0.25) is 5.02 Å². The Hall–Kier alpha value is -4.25. The molecule has 0 bridgehead atoms. The number of imide groups is 4. The number of amides is 6. The third-order valence-corrected chi connectivity index (χ3v) is 9.56. The molecule has 2 aromatic carbocycles. The molecule has 2 aliphatic carbocycles. The van der Waals surface area contributed by atoms with Crippen molar-refractivity contribution in [3.05, 3.63) is 64.5 Å². The molecule has 6 unspecified atom stereocenters. The molecule has 6 amide bonds. The number of rotatable bonds is 4. The molecule has 0 aromatic heterocycles. The van der Waals surface area contributed by atoms with Crippen LogP contribution in [0.3, 0.4) is 0 Å². The third kappa shape index (κ3) is 3.72. The molecular formula is C30H27ClFN3O7. The summed E-state index contributed by atoms with van der Waals surface area (Å²) in [5, 5.41) is 10.1. The number of hydrogen-bond donors (Lipinski definition) is 2. The van der Waals surface area contributed by atoms with Gasteiger partial charge in [-0.25, -0.2) is 14.1 Å². The minimum atomic E-state index is -1.37. The van der Waals surface area contributed by atoms with Gasteiger partial charge in [-0.15, -0.1) is 0 Å². The standard InChI is InChI=1S/C30H27ClFN3O7/c1-3-42-22-10-13(4-9-21(22)36)24-15-6-7-16-23(27(39)35(25(16)37)29(33)41)17(15)12-18-26(38)34(28(40)30(18,24)2)14-5-8-20(32)19(31)11-14/h4-6,8-11,16-18,23-24,36H,3,7,12H2,1-2H3,(H2,33,41). The second-order valence-corrected chi connectivity index (χ2v) is 11.7. The lowest BCUT2D eigenvalue weighted by molar-refractivity contribution is -0.136. The molecule has 42 heavy (non-hydrogen) atoms. The largest absolute Gasteiger partial charge is 0.504 e. The molecule has 2 aromatic rings. The monoisotopic (exact) mass is 595 g/mol. The van der Waals surface area contributed by atoms with E-state index in [9.17, 15) is 33.5 Å². The Bertz CT molecular complexity index is 1630. The van der Waals surface area contributed by atoms with Crippen molar-refractivity contribution in [2.45, 2.75) is 32.6 Å². The second-order valence-electron chi connectivity index (χ2n) is 11.3. The van der Waals surface area contributed by atoms with Crippen LogP contribution in [0.4, 0.5) is 14.9 Å². The molecule has 10 nitrogen and oxygen atoms in total. The van der Waals surface area contributed by atoms with Crippen molar-refractivity contribution in [2.24, 2.45) is 34.8 Å². The molecule has 12 heteroatoms. The number of allylic oxidation sites excluding steroid dienone is 2. The first-order valence-electron chi connectivity index (χ1n) is 13.6. The van der Waals surface area contributed by atoms with Crippen LogP contribution in [-0.2, 0) is 19.2 Å². The van der Waals surface area contributed by atoms with Crippen LogP contribution in [0.15, 0.2) is 48.0 Å². The molecule has 3 N–H and O–H groups in total. The zero-order valence-electron chi connectivity index (χ0n) is 22.7. The lowest BCUT2D eigenvalue weighted by Gasteiger charge is -2.49. The summed E-state index contributed by atoms with van der Waals surface area (Å²) in [7, 11) is 0. The molecule has 218 valence electrons. The van der Waals surface area contributed by atoms with Gasteiger partial charge in [-0.3, -0.25) is 19.2 Å². The van der Waals surface area contributed by atoms with E-state index in [1.165, 1.54) is 18.2 Å². The SMILES string of the molecule is CCOc1cc(C2C3=CCC4C(=O)N(C(N)=O)C(=O)C4C3CC3C(=O)N(c4ccc(F)c(Cl)c4)C(=O)C32C)ccc1O. The van der Waals surface area contributed by atoms with Crippen LogP contribution in [0.5, 0.6) is 11.5 Å². The van der Waals surface area contributed by atoms with Gasteiger partial charge in [0, 0.05) is 5.92 Å². The molecule has 2 aliphatic heterocycles. The van der Waals surface area contributed by atoms with E-state index in [0.717, 1.165) is 11.0 Å². The van der Waals surface area contributed by atoms with Gasteiger partial charge in [-0.2, -0.15) is 4.90 Å². The molecule has 2 saturated heterocycles. The van der Waals surface area contributed by atoms with E-state index in [-0.39, 0.29) is 41.7 Å². The highest BCUT2D eigenvalue weighted by Gasteiger charge is 2.68. The zero-order valence-corrected chi connectivity index (χ0v) is 23.4. The van der Waals surface area contributed by atoms with Gasteiger partial charge < -0.3 is 15.6 Å². The van der Waals surface area contributed by atoms with Crippen LogP contribution in [-0.4, -0.2) is 46.3 Å². The average molecular weight is 596 g/mol. The van der Waals surface area contributed by atoms with Gasteiger partial charge >= 0.3 is 6.03 Å². The summed E-state index contributed by atoms with van der Waals surface area (Å²) in [4.78, 5) is 68.4. The number of fused-ring (bicyclic) bond motifs is 4. The number of carbonyl (C=O) groups is 5. The topological polar surface area (TPSA) is 147 Å². The summed E-state index contributed by atoms with van der Waals surface area (Å²) in [6.07, 6.45) is 2.01. The number of nitrogens with two attached hydrogens (primary N) is 1. The van der Waals surface area contributed by atoms with E-state index in [0.29, 0.717) is 16.0 Å². The maximum Gasteiger partial charge on any atom is 0.328 e. The number of likely N-dealkylation sites (tertiary alicyclic amines) is 1. The average Bonchev–Trinajstić information content (AvgIpc) is 3.31. The highest BCUT2D eigenvalue weighted by Crippen LogP contribution is 2.64. The summed E-state index contributed by atoms with van der Waals surface area (Å²) >= 11 is 6.01. The quantitative estimate of drug-likeness (QED) is 0.402. The summed E-state index contributed by atoms with van der Waals surface area (Å²) < 4.78 is 19.6. The fourth-order valence-corrected chi connectivity index (χ4v) is 7.64. The van der Waals surface area contributed by atoms with Gasteiger partial charge in [0.05, 0.1) is 40.5 Å².